The highest BCUT2D eigenvalue weighted by atomic mass is 16.5. The quantitative estimate of drug-likeness (QED) is 0.523. The van der Waals surface area contributed by atoms with Gasteiger partial charge in [-0.25, -0.2) is 4.98 Å². The van der Waals surface area contributed by atoms with Crippen LogP contribution in [0.15, 0.2) is 0 Å². The van der Waals surface area contributed by atoms with Crippen LogP contribution in [0, 0.1) is 6.92 Å². The van der Waals surface area contributed by atoms with Gasteiger partial charge in [0.05, 0.1) is 7.11 Å². The van der Waals surface area contributed by atoms with Gasteiger partial charge in [-0.2, -0.15) is 0 Å². The molecule has 0 fully saturated rings. The second kappa shape index (κ2) is 4.35. The summed E-state index contributed by atoms with van der Waals surface area (Å²) in [7, 11) is 1.60. The largest absolute Gasteiger partial charge is 0.494 e. The number of hydrogen-bond acceptors (Lipinski definition) is 5. The molecule has 0 amide bonds. The molecule has 15 heavy (non-hydrogen) atoms. The lowest BCUT2D eigenvalue weighted by Crippen LogP contribution is -2.14. The predicted octanol–water partition coefficient (Wildman–Crippen LogP) is 1.64. The van der Waals surface area contributed by atoms with E-state index in [-0.39, 0.29) is 1.43 Å². The summed E-state index contributed by atoms with van der Waals surface area (Å²) in [5.74, 6) is 6.74. The average molecular weight is 212 g/mol. The first-order valence-corrected chi connectivity index (χ1v) is 4.83. The van der Waals surface area contributed by atoms with Crippen LogP contribution in [0.5, 0.6) is 5.75 Å². The van der Waals surface area contributed by atoms with E-state index in [9.17, 15) is 0 Å². The summed E-state index contributed by atoms with van der Waals surface area (Å²) >= 11 is 0. The molecule has 86 valence electrons. The van der Waals surface area contributed by atoms with E-state index >= 15 is 0 Å². The molecule has 0 saturated heterocycles. The molecule has 0 unspecified atom stereocenters. The first-order chi connectivity index (χ1) is 7.02. The Balaban J connectivity index is 0.00000225. The van der Waals surface area contributed by atoms with Crippen molar-refractivity contribution in [3.8, 4) is 5.75 Å². The van der Waals surface area contributed by atoms with E-state index in [0.717, 1.165) is 11.3 Å². The molecule has 0 aromatic carbocycles. The minimum atomic E-state index is 0. The Labute approximate surface area is 91.3 Å². The maximum absolute atomic E-state index is 5.74. The average Bonchev–Trinajstić information content (AvgIpc) is 2.15. The van der Waals surface area contributed by atoms with Gasteiger partial charge in [-0.15, -0.1) is 0 Å². The summed E-state index contributed by atoms with van der Waals surface area (Å²) in [5, 5.41) is 0. The number of nitrogens with zero attached hydrogens (tertiary/aromatic N) is 1. The first kappa shape index (κ1) is 11.6. The van der Waals surface area contributed by atoms with Gasteiger partial charge < -0.3 is 15.9 Å². The smallest absolute Gasteiger partial charge is 0.152 e. The number of hydrogen-bond donors (Lipinski definition) is 3. The zero-order valence-corrected chi connectivity index (χ0v) is 9.59. The fraction of sp³-hybridized carbons (Fsp3) is 0.500. The van der Waals surface area contributed by atoms with E-state index < -0.39 is 0 Å². The molecule has 0 saturated carbocycles. The van der Waals surface area contributed by atoms with Crippen LogP contribution < -0.4 is 21.7 Å². The highest BCUT2D eigenvalue weighted by Gasteiger charge is 2.18. The number of pyridine rings is 1. The lowest BCUT2D eigenvalue weighted by molar-refractivity contribution is 0.408. The number of ether oxygens (including phenoxy) is 1. The first-order valence-electron chi connectivity index (χ1n) is 4.83. The molecular weight excluding hydrogens is 192 g/mol. The van der Waals surface area contributed by atoms with Crippen LogP contribution >= 0.6 is 0 Å². The molecule has 0 aliphatic carbocycles. The molecule has 1 rings (SSSR count). The highest BCUT2D eigenvalue weighted by Crippen LogP contribution is 2.37. The van der Waals surface area contributed by atoms with Crippen molar-refractivity contribution in [2.24, 2.45) is 5.84 Å². The maximum Gasteiger partial charge on any atom is 0.152 e. The summed E-state index contributed by atoms with van der Waals surface area (Å²) < 4.78 is 5.33. The molecular formula is C10H20N4O. The van der Waals surface area contributed by atoms with Gasteiger partial charge in [0, 0.05) is 12.7 Å². The fourth-order valence-corrected chi connectivity index (χ4v) is 1.74. The van der Waals surface area contributed by atoms with Gasteiger partial charge >= 0.3 is 0 Å². The van der Waals surface area contributed by atoms with Crippen LogP contribution in [0.1, 0.15) is 32.4 Å². The van der Waals surface area contributed by atoms with Gasteiger partial charge in [-0.3, -0.25) is 5.84 Å². The van der Waals surface area contributed by atoms with E-state index in [1.807, 2.05) is 6.92 Å². The molecule has 0 aliphatic rings. The molecule has 1 aromatic heterocycles. The van der Waals surface area contributed by atoms with Gasteiger partial charge in [-0.05, 0) is 12.8 Å². The van der Waals surface area contributed by atoms with Crippen molar-refractivity contribution in [1.82, 2.24) is 4.98 Å². The van der Waals surface area contributed by atoms with Crippen LogP contribution in [0.3, 0.4) is 0 Å². The van der Waals surface area contributed by atoms with Crippen LogP contribution in [0.25, 0.3) is 0 Å². The second-order valence-corrected chi connectivity index (χ2v) is 3.70. The standard InChI is InChI=1S/C10H18N4O.H2/c1-5(2)7-6(3)13-10(11)8(14-12)9(7)15-4;/h5,14H,12H2,1-4H3,(H2,11,13);1H. The zero-order chi connectivity index (χ0) is 11.6. The molecule has 1 aromatic rings. The third-order valence-electron chi connectivity index (χ3n) is 2.33. The normalized spacial score (nSPS) is 10.5. The Morgan fingerprint density at radius 2 is 2.07 bits per heavy atom. The Kier molecular flexibility index (Phi) is 3.36. The summed E-state index contributed by atoms with van der Waals surface area (Å²) in [6.45, 7) is 6.06. The molecule has 0 aliphatic heterocycles. The molecule has 0 atom stereocenters. The Bertz CT molecular complexity index is 368. The Morgan fingerprint density at radius 1 is 1.47 bits per heavy atom. The third-order valence-corrected chi connectivity index (χ3v) is 2.33. The van der Waals surface area contributed by atoms with E-state index in [1.165, 1.54) is 0 Å². The highest BCUT2D eigenvalue weighted by molar-refractivity contribution is 5.73. The second-order valence-electron chi connectivity index (χ2n) is 3.70. The zero-order valence-electron chi connectivity index (χ0n) is 9.59. The van der Waals surface area contributed by atoms with E-state index in [1.54, 1.807) is 7.11 Å². The molecule has 0 spiro atoms. The van der Waals surface area contributed by atoms with Crippen molar-refractivity contribution in [1.29, 1.82) is 0 Å². The molecule has 0 bridgehead atoms. The molecule has 5 heteroatoms. The van der Waals surface area contributed by atoms with E-state index in [2.05, 4.69) is 24.3 Å². The van der Waals surface area contributed by atoms with E-state index in [4.69, 9.17) is 16.3 Å². The number of aryl methyl sites for hydroxylation is 1. The van der Waals surface area contributed by atoms with Gasteiger partial charge in [-0.1, -0.05) is 13.8 Å². The number of hydrazine groups is 1. The van der Waals surface area contributed by atoms with Crippen molar-refractivity contribution in [3.63, 3.8) is 0 Å². The lowest BCUT2D eigenvalue weighted by Gasteiger charge is -2.18. The van der Waals surface area contributed by atoms with Crippen LogP contribution in [-0.4, -0.2) is 12.1 Å². The SMILES string of the molecule is COc1c(NN)c(N)nc(C)c1C(C)C.[HH]. The third kappa shape index (κ3) is 1.97. The van der Waals surface area contributed by atoms with Crippen molar-refractivity contribution < 1.29 is 6.16 Å². The Hall–Kier alpha value is -1.49. The van der Waals surface area contributed by atoms with Crippen molar-refractivity contribution in [3.05, 3.63) is 11.3 Å². The summed E-state index contributed by atoms with van der Waals surface area (Å²) in [4.78, 5) is 4.23. The number of nitrogens with one attached hydrogen (secondary N) is 1. The number of anilines is 2. The summed E-state index contributed by atoms with van der Waals surface area (Å²) in [6, 6.07) is 0. The number of rotatable bonds is 3. The van der Waals surface area contributed by atoms with Gasteiger partial charge in [0.25, 0.3) is 0 Å². The van der Waals surface area contributed by atoms with Crippen LogP contribution in [0.4, 0.5) is 11.5 Å². The van der Waals surface area contributed by atoms with Gasteiger partial charge in [0.15, 0.2) is 11.6 Å². The van der Waals surface area contributed by atoms with Crippen molar-refractivity contribution >= 4 is 11.5 Å². The molecule has 1 heterocycles. The minimum absolute atomic E-state index is 0. The topological polar surface area (TPSA) is 86.2 Å². The number of aromatic nitrogens is 1. The molecule has 0 radical (unpaired) electrons. The van der Waals surface area contributed by atoms with Crippen molar-refractivity contribution in [2.45, 2.75) is 26.7 Å². The minimum Gasteiger partial charge on any atom is -0.494 e. The number of methoxy groups -OCH3 is 1. The van der Waals surface area contributed by atoms with E-state index in [0.29, 0.717) is 23.2 Å². The summed E-state index contributed by atoms with van der Waals surface area (Å²) in [5.41, 5.74) is 10.7. The predicted molar refractivity (Wildman–Crippen MR) is 64.0 cm³/mol. The maximum atomic E-state index is 5.74. The number of nitrogens with two attached hydrogens (primary N) is 2. The van der Waals surface area contributed by atoms with Crippen LogP contribution in [0.2, 0.25) is 0 Å². The summed E-state index contributed by atoms with van der Waals surface area (Å²) in [6.07, 6.45) is 0. The molecule has 5 nitrogen and oxygen atoms in total. The number of nitrogen functional groups attached to an aromatic ring is 2. The fourth-order valence-electron chi connectivity index (χ4n) is 1.74. The lowest BCUT2D eigenvalue weighted by atomic mass is 10.00. The van der Waals surface area contributed by atoms with Gasteiger partial charge in [0.1, 0.15) is 5.69 Å². The van der Waals surface area contributed by atoms with Gasteiger partial charge in [0.2, 0.25) is 0 Å². The molecule has 5 N–H and O–H groups in total. The van der Waals surface area contributed by atoms with Crippen LogP contribution in [-0.2, 0) is 0 Å². The van der Waals surface area contributed by atoms with Crippen molar-refractivity contribution in [2.75, 3.05) is 18.3 Å². The monoisotopic (exact) mass is 212 g/mol. The Morgan fingerprint density at radius 3 is 2.47 bits per heavy atom.